The SMILES string of the molecule is O=[N+]([O-])c1cccc(-c2noc(CSc3nnc(C4CC4)n3C3CC3)n2)c1. The second-order valence-corrected chi connectivity index (χ2v) is 7.77. The number of rotatable bonds is 7. The number of aromatic nitrogens is 5. The summed E-state index contributed by atoms with van der Waals surface area (Å²) in [5.74, 6) is 2.97. The van der Waals surface area contributed by atoms with Gasteiger partial charge in [-0.25, -0.2) is 0 Å². The van der Waals surface area contributed by atoms with Crippen molar-refractivity contribution >= 4 is 17.4 Å². The molecule has 10 heteroatoms. The van der Waals surface area contributed by atoms with E-state index >= 15 is 0 Å². The third-order valence-electron chi connectivity index (χ3n) is 4.65. The summed E-state index contributed by atoms with van der Waals surface area (Å²) in [5.41, 5.74) is 0.555. The third-order valence-corrected chi connectivity index (χ3v) is 5.58. The van der Waals surface area contributed by atoms with Gasteiger partial charge in [-0.1, -0.05) is 29.1 Å². The lowest BCUT2D eigenvalue weighted by Crippen LogP contribution is -2.01. The summed E-state index contributed by atoms with van der Waals surface area (Å²) in [6.45, 7) is 0. The summed E-state index contributed by atoms with van der Waals surface area (Å²) in [6.07, 6.45) is 4.77. The van der Waals surface area contributed by atoms with Crippen LogP contribution in [0.4, 0.5) is 5.69 Å². The van der Waals surface area contributed by atoms with Crippen molar-refractivity contribution in [2.24, 2.45) is 0 Å². The van der Waals surface area contributed by atoms with Crippen molar-refractivity contribution in [3.05, 3.63) is 46.1 Å². The molecule has 0 unspecified atom stereocenters. The fraction of sp³-hybridized carbons (Fsp3) is 0.412. The first-order chi connectivity index (χ1) is 13.2. The van der Waals surface area contributed by atoms with E-state index in [1.807, 2.05) is 0 Å². The third kappa shape index (κ3) is 3.32. The molecule has 0 radical (unpaired) electrons. The van der Waals surface area contributed by atoms with Gasteiger partial charge in [-0.2, -0.15) is 4.98 Å². The van der Waals surface area contributed by atoms with E-state index in [0.717, 1.165) is 11.0 Å². The zero-order valence-corrected chi connectivity index (χ0v) is 15.1. The Morgan fingerprint density at radius 1 is 1.26 bits per heavy atom. The number of nitro benzene ring substituents is 1. The van der Waals surface area contributed by atoms with Gasteiger partial charge < -0.3 is 9.09 Å². The van der Waals surface area contributed by atoms with Gasteiger partial charge in [-0.3, -0.25) is 10.1 Å². The first-order valence-corrected chi connectivity index (χ1v) is 9.82. The van der Waals surface area contributed by atoms with Crippen LogP contribution < -0.4 is 0 Å². The molecule has 138 valence electrons. The highest BCUT2D eigenvalue weighted by Crippen LogP contribution is 2.46. The molecule has 0 aliphatic heterocycles. The Morgan fingerprint density at radius 2 is 2.11 bits per heavy atom. The highest BCUT2D eigenvalue weighted by molar-refractivity contribution is 7.98. The summed E-state index contributed by atoms with van der Waals surface area (Å²) in [4.78, 5) is 14.8. The predicted molar refractivity (Wildman–Crippen MR) is 96.2 cm³/mol. The fourth-order valence-corrected chi connectivity index (χ4v) is 3.85. The minimum absolute atomic E-state index is 0.00151. The van der Waals surface area contributed by atoms with Crippen LogP contribution in [0.3, 0.4) is 0 Å². The number of nitro groups is 1. The summed E-state index contributed by atoms with van der Waals surface area (Å²) in [5, 5.41) is 24.5. The summed E-state index contributed by atoms with van der Waals surface area (Å²) >= 11 is 1.54. The van der Waals surface area contributed by atoms with Gasteiger partial charge in [-0.15, -0.1) is 10.2 Å². The molecule has 27 heavy (non-hydrogen) atoms. The number of nitrogens with zero attached hydrogens (tertiary/aromatic N) is 6. The van der Waals surface area contributed by atoms with E-state index in [1.54, 1.807) is 12.1 Å². The Balaban J connectivity index is 1.32. The Bertz CT molecular complexity index is 1010. The molecular weight excluding hydrogens is 368 g/mol. The van der Waals surface area contributed by atoms with Crippen LogP contribution in [0.5, 0.6) is 0 Å². The molecule has 2 aromatic heterocycles. The van der Waals surface area contributed by atoms with E-state index in [1.165, 1.54) is 49.6 Å². The number of non-ortho nitro benzene ring substituents is 1. The van der Waals surface area contributed by atoms with E-state index in [0.29, 0.717) is 35.0 Å². The molecule has 0 N–H and O–H groups in total. The van der Waals surface area contributed by atoms with Gasteiger partial charge in [0.2, 0.25) is 11.7 Å². The second kappa shape index (κ2) is 6.45. The van der Waals surface area contributed by atoms with Gasteiger partial charge in [0.05, 0.1) is 10.7 Å². The predicted octanol–water partition coefficient (Wildman–Crippen LogP) is 3.74. The van der Waals surface area contributed by atoms with E-state index < -0.39 is 4.92 Å². The smallest absolute Gasteiger partial charge is 0.270 e. The quantitative estimate of drug-likeness (QED) is 0.344. The topological polar surface area (TPSA) is 113 Å². The molecule has 0 bridgehead atoms. The van der Waals surface area contributed by atoms with Crippen LogP contribution in [0.15, 0.2) is 33.9 Å². The van der Waals surface area contributed by atoms with Crippen LogP contribution in [-0.2, 0) is 5.75 Å². The van der Waals surface area contributed by atoms with E-state index in [2.05, 4.69) is 24.9 Å². The maximum atomic E-state index is 10.9. The van der Waals surface area contributed by atoms with Crippen molar-refractivity contribution in [1.29, 1.82) is 0 Å². The molecule has 2 heterocycles. The van der Waals surface area contributed by atoms with Gasteiger partial charge in [0.15, 0.2) is 5.16 Å². The molecule has 5 rings (SSSR count). The maximum Gasteiger partial charge on any atom is 0.270 e. The monoisotopic (exact) mass is 384 g/mol. The lowest BCUT2D eigenvalue weighted by atomic mass is 10.2. The Hall–Kier alpha value is -2.75. The zero-order valence-electron chi connectivity index (χ0n) is 14.3. The molecule has 0 amide bonds. The molecule has 2 aliphatic carbocycles. The average molecular weight is 384 g/mol. The maximum absolute atomic E-state index is 10.9. The van der Waals surface area contributed by atoms with E-state index in [-0.39, 0.29) is 5.69 Å². The molecule has 2 aliphatic rings. The van der Waals surface area contributed by atoms with Crippen LogP contribution in [0, 0.1) is 10.1 Å². The minimum Gasteiger partial charge on any atom is -0.338 e. The van der Waals surface area contributed by atoms with Crippen LogP contribution in [0.1, 0.15) is 49.4 Å². The first kappa shape index (κ1) is 16.4. The van der Waals surface area contributed by atoms with Crippen LogP contribution in [-0.4, -0.2) is 29.8 Å². The largest absolute Gasteiger partial charge is 0.338 e. The second-order valence-electron chi connectivity index (χ2n) is 6.82. The standard InChI is InChI=1S/C17H16N6O3S/c24-23(25)13-3-1-2-11(8-13)15-18-14(26-21-15)9-27-17-20-19-16(10-4-5-10)22(17)12-6-7-12/h1-3,8,10,12H,4-7,9H2. The van der Waals surface area contributed by atoms with Crippen molar-refractivity contribution in [2.75, 3.05) is 0 Å². The molecule has 0 spiro atoms. The first-order valence-electron chi connectivity index (χ1n) is 8.84. The van der Waals surface area contributed by atoms with Crippen molar-refractivity contribution in [1.82, 2.24) is 24.9 Å². The highest BCUT2D eigenvalue weighted by Gasteiger charge is 2.36. The average Bonchev–Trinajstić information content (AvgIpc) is 3.61. The molecule has 1 aromatic carbocycles. The van der Waals surface area contributed by atoms with Crippen LogP contribution in [0.25, 0.3) is 11.4 Å². The van der Waals surface area contributed by atoms with Gasteiger partial charge >= 0.3 is 0 Å². The zero-order chi connectivity index (χ0) is 18.4. The lowest BCUT2D eigenvalue weighted by molar-refractivity contribution is -0.384. The highest BCUT2D eigenvalue weighted by atomic mass is 32.2. The lowest BCUT2D eigenvalue weighted by Gasteiger charge is -2.06. The van der Waals surface area contributed by atoms with Crippen LogP contribution in [0.2, 0.25) is 0 Å². The Morgan fingerprint density at radius 3 is 2.85 bits per heavy atom. The summed E-state index contributed by atoms with van der Waals surface area (Å²) in [7, 11) is 0. The number of thioether (sulfide) groups is 1. The summed E-state index contributed by atoms with van der Waals surface area (Å²) < 4.78 is 7.59. The van der Waals surface area contributed by atoms with Crippen molar-refractivity contribution < 1.29 is 9.45 Å². The van der Waals surface area contributed by atoms with Crippen LogP contribution >= 0.6 is 11.8 Å². The van der Waals surface area contributed by atoms with E-state index in [4.69, 9.17) is 4.52 Å². The normalized spacial score (nSPS) is 16.6. The Kier molecular flexibility index (Phi) is 3.92. The molecule has 0 saturated heterocycles. The number of hydrogen-bond acceptors (Lipinski definition) is 8. The van der Waals surface area contributed by atoms with Gasteiger partial charge in [0, 0.05) is 29.7 Å². The molecule has 0 atom stereocenters. The Labute approximate surface area is 158 Å². The van der Waals surface area contributed by atoms with Gasteiger partial charge in [0.1, 0.15) is 5.82 Å². The molecule has 2 saturated carbocycles. The summed E-state index contributed by atoms with van der Waals surface area (Å²) in [6, 6.07) is 6.73. The molecule has 2 fully saturated rings. The minimum atomic E-state index is -0.442. The molecule has 3 aromatic rings. The number of benzene rings is 1. The molecule has 9 nitrogen and oxygen atoms in total. The van der Waals surface area contributed by atoms with Crippen molar-refractivity contribution in [3.63, 3.8) is 0 Å². The van der Waals surface area contributed by atoms with Crippen molar-refractivity contribution in [2.45, 2.75) is 48.6 Å². The fourth-order valence-electron chi connectivity index (χ4n) is 3.00. The van der Waals surface area contributed by atoms with Gasteiger partial charge in [0.25, 0.3) is 5.69 Å². The van der Waals surface area contributed by atoms with E-state index in [9.17, 15) is 10.1 Å². The number of hydrogen-bond donors (Lipinski definition) is 0. The van der Waals surface area contributed by atoms with Gasteiger partial charge in [-0.05, 0) is 25.7 Å². The van der Waals surface area contributed by atoms with Crippen molar-refractivity contribution in [3.8, 4) is 11.4 Å². The molecular formula is C17H16N6O3S.